The number of hydrogen-bond donors (Lipinski definition) is 0. The van der Waals surface area contributed by atoms with E-state index in [0.29, 0.717) is 0 Å². The molecule has 3 heteroatoms. The molecule has 12 aromatic rings. The summed E-state index contributed by atoms with van der Waals surface area (Å²) in [7, 11) is 0. The van der Waals surface area contributed by atoms with Crippen molar-refractivity contribution in [3.05, 3.63) is 220 Å². The summed E-state index contributed by atoms with van der Waals surface area (Å²) in [6.07, 6.45) is 0. The van der Waals surface area contributed by atoms with Crippen LogP contribution >= 0.6 is 0 Å². The van der Waals surface area contributed by atoms with E-state index in [1.54, 1.807) is 0 Å². The Balaban J connectivity index is 0.891. The lowest BCUT2D eigenvalue weighted by Gasteiger charge is -2.32. The number of rotatable bonds is 3. The van der Waals surface area contributed by atoms with Crippen LogP contribution in [0.4, 0.5) is 17.1 Å². The van der Waals surface area contributed by atoms with E-state index >= 15 is 0 Å². The largest absolute Gasteiger partial charge is 0.456 e. The molecule has 2 aromatic heterocycles. The second-order valence-electron chi connectivity index (χ2n) is 23.6. The zero-order valence-corrected chi connectivity index (χ0v) is 42.5. The standard InChI is InChI=1S/C70H53NO2/c1-67(2)51-31-32-58-60(46-20-12-15-23-56(46)72-58)59(51)49-37-54-48(36-55(49)67)43-29-27-41(34-52(43)68(54,3)4)71(40-26-25-38-17-9-10-18-39(38)33-40)42-28-30-45-53(35-42)70(7,8)65-63(45)66-62(47-21-13-16-24-57(47)73-66)61-44-19-11-14-22-50(44)69(5,6)64(61)65/h9-37H,1-8H3. The summed E-state index contributed by atoms with van der Waals surface area (Å²) in [4.78, 5) is 2.51. The highest BCUT2D eigenvalue weighted by Crippen LogP contribution is 2.64. The smallest absolute Gasteiger partial charge is 0.144 e. The van der Waals surface area contributed by atoms with Crippen LogP contribution in [0.5, 0.6) is 0 Å². The summed E-state index contributed by atoms with van der Waals surface area (Å²) in [6.45, 7) is 19.4. The molecule has 0 bridgehead atoms. The van der Waals surface area contributed by atoms with Crippen LogP contribution in [-0.2, 0) is 21.7 Å². The second kappa shape index (κ2) is 13.5. The Hall–Kier alpha value is -8.14. The minimum atomic E-state index is -0.338. The molecule has 0 amide bonds. The van der Waals surface area contributed by atoms with Crippen molar-refractivity contribution in [2.45, 2.75) is 77.0 Å². The van der Waals surface area contributed by atoms with Crippen LogP contribution < -0.4 is 4.90 Å². The summed E-state index contributed by atoms with van der Waals surface area (Å²) in [6, 6.07) is 66.0. The zero-order valence-electron chi connectivity index (χ0n) is 42.5. The molecule has 0 fully saturated rings. The topological polar surface area (TPSA) is 29.5 Å². The van der Waals surface area contributed by atoms with E-state index < -0.39 is 0 Å². The molecule has 0 spiro atoms. The van der Waals surface area contributed by atoms with Gasteiger partial charge in [-0.1, -0.05) is 165 Å². The Morgan fingerprint density at radius 3 is 1.63 bits per heavy atom. The third-order valence-corrected chi connectivity index (χ3v) is 18.4. The van der Waals surface area contributed by atoms with Crippen molar-refractivity contribution in [3.8, 4) is 44.5 Å². The first-order valence-electron chi connectivity index (χ1n) is 26.1. The van der Waals surface area contributed by atoms with Crippen molar-refractivity contribution < 1.29 is 8.83 Å². The average molecular weight is 940 g/mol. The van der Waals surface area contributed by atoms with E-state index in [-0.39, 0.29) is 21.7 Å². The van der Waals surface area contributed by atoms with E-state index in [9.17, 15) is 0 Å². The molecule has 0 N–H and O–H groups in total. The van der Waals surface area contributed by atoms with Gasteiger partial charge in [0.1, 0.15) is 22.3 Å². The summed E-state index contributed by atoms with van der Waals surface area (Å²) < 4.78 is 13.6. The molecule has 350 valence electrons. The Kier molecular flexibility index (Phi) is 7.65. The van der Waals surface area contributed by atoms with Crippen LogP contribution in [0.25, 0.3) is 99.2 Å². The van der Waals surface area contributed by atoms with Crippen molar-refractivity contribution in [2.24, 2.45) is 0 Å². The predicted molar refractivity (Wildman–Crippen MR) is 303 cm³/mol. The highest BCUT2D eigenvalue weighted by Gasteiger charge is 2.49. The van der Waals surface area contributed by atoms with Gasteiger partial charge in [-0.05, 0) is 161 Å². The van der Waals surface area contributed by atoms with Gasteiger partial charge in [0.15, 0.2) is 0 Å². The SMILES string of the molecule is CC1(C)c2cc(N(c3ccc4c(c3)C(C)(C)c3c5c(c6c(oc7ccccc76)c3-4)-c3ccccc3C5(C)C)c3ccc4ccccc4c3)ccc2-c2cc3c(cc21)-c1c(ccc2oc4ccccc4c12)C3(C)C. The third-order valence-electron chi connectivity index (χ3n) is 18.4. The molecule has 73 heavy (non-hydrogen) atoms. The van der Waals surface area contributed by atoms with Crippen molar-refractivity contribution in [3.63, 3.8) is 0 Å². The van der Waals surface area contributed by atoms with E-state index in [4.69, 9.17) is 8.83 Å². The number of anilines is 3. The van der Waals surface area contributed by atoms with Gasteiger partial charge in [0.2, 0.25) is 0 Å². The zero-order chi connectivity index (χ0) is 49.2. The second-order valence-corrected chi connectivity index (χ2v) is 23.6. The van der Waals surface area contributed by atoms with Gasteiger partial charge in [-0.3, -0.25) is 0 Å². The fourth-order valence-corrected chi connectivity index (χ4v) is 14.8. The molecule has 4 aliphatic rings. The van der Waals surface area contributed by atoms with Gasteiger partial charge < -0.3 is 13.7 Å². The minimum absolute atomic E-state index is 0.178. The summed E-state index contributed by atoms with van der Waals surface area (Å²) in [5.41, 5.74) is 27.6. The predicted octanol–water partition coefficient (Wildman–Crippen LogP) is 19.3. The van der Waals surface area contributed by atoms with Crippen LogP contribution in [-0.4, -0.2) is 0 Å². The number of furan rings is 2. The first kappa shape index (κ1) is 41.5. The lowest BCUT2D eigenvalue weighted by Crippen LogP contribution is -2.24. The van der Waals surface area contributed by atoms with Crippen molar-refractivity contribution in [2.75, 3.05) is 4.90 Å². The molecule has 2 heterocycles. The summed E-state index contributed by atoms with van der Waals surface area (Å²) in [5, 5.41) is 7.26. The van der Waals surface area contributed by atoms with Gasteiger partial charge in [0.05, 0.1) is 0 Å². The number of nitrogens with zero attached hydrogens (tertiary/aromatic N) is 1. The summed E-state index contributed by atoms with van der Waals surface area (Å²) in [5.74, 6) is 0. The number of para-hydroxylation sites is 2. The van der Waals surface area contributed by atoms with Crippen LogP contribution in [0, 0.1) is 0 Å². The maximum atomic E-state index is 7.07. The van der Waals surface area contributed by atoms with E-state index in [0.717, 1.165) is 39.4 Å². The Morgan fingerprint density at radius 2 is 0.849 bits per heavy atom. The normalized spacial score (nSPS) is 16.4. The van der Waals surface area contributed by atoms with Gasteiger partial charge in [0, 0.05) is 65.8 Å². The first-order valence-corrected chi connectivity index (χ1v) is 26.1. The third kappa shape index (κ3) is 5.06. The molecule has 0 saturated heterocycles. The van der Waals surface area contributed by atoms with Crippen molar-refractivity contribution >= 4 is 71.7 Å². The summed E-state index contributed by atoms with van der Waals surface area (Å²) >= 11 is 0. The molecule has 4 aliphatic carbocycles. The van der Waals surface area contributed by atoms with E-state index in [1.807, 2.05) is 0 Å². The first-order chi connectivity index (χ1) is 35.2. The van der Waals surface area contributed by atoms with Crippen LogP contribution in [0.15, 0.2) is 185 Å². The van der Waals surface area contributed by atoms with Gasteiger partial charge in [-0.25, -0.2) is 0 Å². The molecule has 10 aromatic carbocycles. The fourth-order valence-electron chi connectivity index (χ4n) is 14.8. The Labute approximate surface area is 425 Å². The van der Waals surface area contributed by atoms with E-state index in [1.165, 1.54) is 121 Å². The maximum Gasteiger partial charge on any atom is 0.144 e. The van der Waals surface area contributed by atoms with Gasteiger partial charge in [-0.15, -0.1) is 0 Å². The molecular weight excluding hydrogens is 887 g/mol. The number of benzene rings is 10. The molecule has 0 radical (unpaired) electrons. The monoisotopic (exact) mass is 939 g/mol. The highest BCUT2D eigenvalue weighted by molar-refractivity contribution is 6.21. The maximum absolute atomic E-state index is 7.07. The van der Waals surface area contributed by atoms with Crippen LogP contribution in [0.2, 0.25) is 0 Å². The van der Waals surface area contributed by atoms with Gasteiger partial charge in [-0.2, -0.15) is 0 Å². The molecular formula is C70H53NO2. The van der Waals surface area contributed by atoms with Crippen LogP contribution in [0.1, 0.15) is 99.9 Å². The Bertz CT molecular complexity index is 4510. The van der Waals surface area contributed by atoms with Crippen molar-refractivity contribution in [1.82, 2.24) is 0 Å². The quantitative estimate of drug-likeness (QED) is 0.177. The molecule has 16 rings (SSSR count). The number of fused-ring (bicyclic) bond motifs is 23. The fraction of sp³-hybridized carbons (Fsp3) is 0.171. The minimum Gasteiger partial charge on any atom is -0.456 e. The molecule has 0 unspecified atom stereocenters. The van der Waals surface area contributed by atoms with Crippen molar-refractivity contribution in [1.29, 1.82) is 0 Å². The highest BCUT2D eigenvalue weighted by atomic mass is 16.3. The number of hydrogen-bond acceptors (Lipinski definition) is 3. The molecule has 3 nitrogen and oxygen atoms in total. The molecule has 0 atom stereocenters. The Morgan fingerprint density at radius 1 is 0.315 bits per heavy atom. The average Bonchev–Trinajstić information content (AvgIpc) is 4.20. The van der Waals surface area contributed by atoms with Gasteiger partial charge >= 0.3 is 0 Å². The van der Waals surface area contributed by atoms with Crippen LogP contribution in [0.3, 0.4) is 0 Å². The molecule has 0 aliphatic heterocycles. The lowest BCUT2D eigenvalue weighted by atomic mass is 9.72. The lowest BCUT2D eigenvalue weighted by molar-refractivity contribution is 0.600. The van der Waals surface area contributed by atoms with E-state index in [2.05, 4.69) is 236 Å². The van der Waals surface area contributed by atoms with Gasteiger partial charge in [0.25, 0.3) is 0 Å². The molecule has 0 saturated carbocycles.